The molecule has 8 heteroatoms. The van der Waals surface area contributed by atoms with Crippen molar-refractivity contribution in [3.8, 4) is 0 Å². The summed E-state index contributed by atoms with van der Waals surface area (Å²) in [5.41, 5.74) is -0.106. The van der Waals surface area contributed by atoms with E-state index in [1.807, 2.05) is 13.8 Å². The van der Waals surface area contributed by atoms with Crippen LogP contribution in [0.15, 0.2) is 6.20 Å². The Morgan fingerprint density at radius 3 is 2.85 bits per heavy atom. The Bertz CT molecular complexity index is 441. The molecule has 0 unspecified atom stereocenters. The van der Waals surface area contributed by atoms with E-state index in [0.717, 1.165) is 13.0 Å². The van der Waals surface area contributed by atoms with Crippen molar-refractivity contribution in [3.63, 3.8) is 0 Å². The van der Waals surface area contributed by atoms with Gasteiger partial charge in [0.25, 0.3) is 0 Å². The van der Waals surface area contributed by atoms with Crippen molar-refractivity contribution in [2.24, 2.45) is 0 Å². The van der Waals surface area contributed by atoms with E-state index in [4.69, 9.17) is 4.74 Å². The Labute approximate surface area is 118 Å². The fourth-order valence-corrected chi connectivity index (χ4v) is 1.55. The van der Waals surface area contributed by atoms with E-state index < -0.39 is 4.92 Å². The molecular weight excluding hydrogens is 262 g/mol. The van der Waals surface area contributed by atoms with Crippen molar-refractivity contribution in [1.29, 1.82) is 0 Å². The largest absolute Gasteiger partial charge is 0.380 e. The number of nitrogens with zero attached hydrogens (tertiary/aromatic N) is 4. The summed E-state index contributed by atoms with van der Waals surface area (Å²) in [5, 5.41) is 14.0. The highest BCUT2D eigenvalue weighted by atomic mass is 16.6. The van der Waals surface area contributed by atoms with E-state index in [0.29, 0.717) is 31.5 Å². The number of hydrogen-bond acceptors (Lipinski definition) is 7. The quantitative estimate of drug-likeness (QED) is 0.418. The van der Waals surface area contributed by atoms with Crippen molar-refractivity contribution in [2.45, 2.75) is 20.3 Å². The maximum Gasteiger partial charge on any atom is 0.329 e. The van der Waals surface area contributed by atoms with Gasteiger partial charge >= 0.3 is 5.69 Å². The molecule has 0 saturated heterocycles. The third-order valence-corrected chi connectivity index (χ3v) is 2.62. The molecule has 1 rings (SSSR count). The molecule has 0 saturated carbocycles. The fraction of sp³-hybridized carbons (Fsp3) is 0.667. The molecule has 20 heavy (non-hydrogen) atoms. The first kappa shape index (κ1) is 16.1. The minimum atomic E-state index is -0.476. The number of likely N-dealkylation sites (N-methyl/N-ethyl adjacent to an activating group) is 1. The van der Waals surface area contributed by atoms with Crippen LogP contribution in [0.25, 0.3) is 0 Å². The molecule has 0 fully saturated rings. The van der Waals surface area contributed by atoms with Gasteiger partial charge in [-0.2, -0.15) is 4.98 Å². The summed E-state index contributed by atoms with van der Waals surface area (Å²) in [6.45, 7) is 6.28. The highest BCUT2D eigenvalue weighted by Crippen LogP contribution is 2.24. The lowest BCUT2D eigenvalue weighted by atomic mass is 10.4. The van der Waals surface area contributed by atoms with Crippen LogP contribution in [0.4, 0.5) is 17.5 Å². The Morgan fingerprint density at radius 2 is 2.25 bits per heavy atom. The van der Waals surface area contributed by atoms with Gasteiger partial charge < -0.3 is 15.0 Å². The lowest BCUT2D eigenvalue weighted by molar-refractivity contribution is -0.384. The Morgan fingerprint density at radius 1 is 1.50 bits per heavy atom. The van der Waals surface area contributed by atoms with Crippen LogP contribution >= 0.6 is 0 Å². The molecule has 0 amide bonds. The highest BCUT2D eigenvalue weighted by molar-refractivity contribution is 5.58. The molecule has 0 aliphatic rings. The average molecular weight is 283 g/mol. The topological polar surface area (TPSA) is 93.4 Å². The van der Waals surface area contributed by atoms with Gasteiger partial charge in [0.05, 0.1) is 11.5 Å². The maximum atomic E-state index is 11.0. The minimum Gasteiger partial charge on any atom is -0.380 e. The first-order valence-corrected chi connectivity index (χ1v) is 6.64. The molecule has 112 valence electrons. The summed E-state index contributed by atoms with van der Waals surface area (Å²) >= 11 is 0. The van der Waals surface area contributed by atoms with Crippen LogP contribution in [0.1, 0.15) is 20.3 Å². The van der Waals surface area contributed by atoms with Gasteiger partial charge in [0.1, 0.15) is 6.20 Å². The smallest absolute Gasteiger partial charge is 0.329 e. The molecule has 0 aromatic carbocycles. The zero-order valence-corrected chi connectivity index (χ0v) is 12.1. The van der Waals surface area contributed by atoms with Crippen molar-refractivity contribution < 1.29 is 9.66 Å². The number of anilines is 2. The molecule has 1 heterocycles. The van der Waals surface area contributed by atoms with Gasteiger partial charge in [-0.1, -0.05) is 6.92 Å². The second-order valence-electron chi connectivity index (χ2n) is 4.20. The van der Waals surface area contributed by atoms with Crippen LogP contribution in [-0.2, 0) is 4.74 Å². The Balaban J connectivity index is 2.89. The molecular formula is C12H21N5O3. The van der Waals surface area contributed by atoms with E-state index in [-0.39, 0.29) is 5.69 Å². The van der Waals surface area contributed by atoms with E-state index in [9.17, 15) is 10.1 Å². The Hall–Kier alpha value is -1.96. The standard InChI is InChI=1S/C12H21N5O3/c1-4-6-13-12-14-9-10(17(18)19)11(15-12)16(3)7-8-20-5-2/h9H,4-8H2,1-3H3,(H,13,14,15). The maximum absolute atomic E-state index is 11.0. The van der Waals surface area contributed by atoms with Crippen LogP contribution in [0.3, 0.4) is 0 Å². The zero-order chi connectivity index (χ0) is 15.0. The van der Waals surface area contributed by atoms with E-state index >= 15 is 0 Å². The van der Waals surface area contributed by atoms with Gasteiger partial charge in [-0.05, 0) is 13.3 Å². The number of rotatable bonds is 9. The summed E-state index contributed by atoms with van der Waals surface area (Å²) < 4.78 is 5.25. The summed E-state index contributed by atoms with van der Waals surface area (Å²) in [6.07, 6.45) is 2.16. The van der Waals surface area contributed by atoms with Crippen molar-refractivity contribution >= 4 is 17.5 Å². The lowest BCUT2D eigenvalue weighted by Gasteiger charge is -2.18. The van der Waals surface area contributed by atoms with Gasteiger partial charge in [0, 0.05) is 26.7 Å². The predicted molar refractivity (Wildman–Crippen MR) is 77.2 cm³/mol. The van der Waals surface area contributed by atoms with E-state index in [2.05, 4.69) is 15.3 Å². The summed E-state index contributed by atoms with van der Waals surface area (Å²) in [4.78, 5) is 20.4. The normalized spacial score (nSPS) is 10.3. The van der Waals surface area contributed by atoms with Gasteiger partial charge in [0.15, 0.2) is 0 Å². The van der Waals surface area contributed by atoms with Crippen molar-refractivity contribution in [2.75, 3.05) is 43.6 Å². The summed E-state index contributed by atoms with van der Waals surface area (Å²) in [6, 6.07) is 0. The van der Waals surface area contributed by atoms with Crippen LogP contribution in [0.5, 0.6) is 0 Å². The number of aromatic nitrogens is 2. The first-order chi connectivity index (χ1) is 9.60. The number of nitrogens with one attached hydrogen (secondary N) is 1. The second-order valence-corrected chi connectivity index (χ2v) is 4.20. The van der Waals surface area contributed by atoms with Crippen LogP contribution < -0.4 is 10.2 Å². The van der Waals surface area contributed by atoms with Gasteiger partial charge in [-0.15, -0.1) is 0 Å². The molecule has 0 spiro atoms. The van der Waals surface area contributed by atoms with Crippen molar-refractivity contribution in [1.82, 2.24) is 9.97 Å². The monoisotopic (exact) mass is 283 g/mol. The SMILES string of the molecule is CCCNc1ncc([N+](=O)[O-])c(N(C)CCOCC)n1. The van der Waals surface area contributed by atoms with Gasteiger partial charge in [-0.3, -0.25) is 10.1 Å². The molecule has 0 radical (unpaired) electrons. The number of hydrogen-bond donors (Lipinski definition) is 1. The van der Waals surface area contributed by atoms with Crippen molar-refractivity contribution in [3.05, 3.63) is 16.3 Å². The minimum absolute atomic E-state index is 0.106. The summed E-state index contributed by atoms with van der Waals surface area (Å²) in [7, 11) is 1.75. The number of ether oxygens (including phenoxy) is 1. The molecule has 8 nitrogen and oxygen atoms in total. The molecule has 0 bridgehead atoms. The molecule has 0 aliphatic carbocycles. The highest BCUT2D eigenvalue weighted by Gasteiger charge is 2.20. The van der Waals surface area contributed by atoms with Gasteiger partial charge in [-0.25, -0.2) is 4.98 Å². The Kier molecular flexibility index (Phi) is 6.65. The first-order valence-electron chi connectivity index (χ1n) is 6.64. The molecule has 0 atom stereocenters. The molecule has 0 aliphatic heterocycles. The predicted octanol–water partition coefficient (Wildman–Crippen LogP) is 1.68. The summed E-state index contributed by atoms with van der Waals surface area (Å²) in [5.74, 6) is 0.694. The van der Waals surface area contributed by atoms with Crippen LogP contribution in [0.2, 0.25) is 0 Å². The van der Waals surface area contributed by atoms with Crippen LogP contribution in [-0.4, -0.2) is 48.2 Å². The third kappa shape index (κ3) is 4.61. The lowest BCUT2D eigenvalue weighted by Crippen LogP contribution is -2.25. The van der Waals surface area contributed by atoms with E-state index in [1.54, 1.807) is 11.9 Å². The average Bonchev–Trinajstić information content (AvgIpc) is 2.44. The number of nitro groups is 1. The third-order valence-electron chi connectivity index (χ3n) is 2.62. The van der Waals surface area contributed by atoms with Crippen LogP contribution in [0, 0.1) is 10.1 Å². The molecule has 1 aromatic rings. The van der Waals surface area contributed by atoms with E-state index in [1.165, 1.54) is 6.20 Å². The molecule has 1 N–H and O–H groups in total. The zero-order valence-electron chi connectivity index (χ0n) is 12.1. The fourth-order valence-electron chi connectivity index (χ4n) is 1.55. The second kappa shape index (κ2) is 8.26. The van der Waals surface area contributed by atoms with Gasteiger partial charge in [0.2, 0.25) is 11.8 Å². The molecule has 1 aromatic heterocycles.